The van der Waals surface area contributed by atoms with Gasteiger partial charge in [-0.05, 0) is 38.8 Å². The molecule has 3 heteroatoms. The summed E-state index contributed by atoms with van der Waals surface area (Å²) in [4.78, 5) is 4.41. The monoisotopic (exact) mass is 242 g/mol. The van der Waals surface area contributed by atoms with Gasteiger partial charge in [0, 0.05) is 5.56 Å². The minimum Gasteiger partial charge on any atom is -0.439 e. The zero-order valence-electron chi connectivity index (χ0n) is 10.9. The molecule has 0 amide bonds. The molecule has 1 saturated heterocycles. The summed E-state index contributed by atoms with van der Waals surface area (Å²) in [7, 11) is 0. The van der Waals surface area contributed by atoms with Gasteiger partial charge >= 0.3 is 0 Å². The van der Waals surface area contributed by atoms with Gasteiger partial charge in [-0.2, -0.15) is 0 Å². The lowest BCUT2D eigenvalue weighted by Crippen LogP contribution is -2.12. The molecule has 0 bridgehead atoms. The van der Waals surface area contributed by atoms with Gasteiger partial charge in [-0.25, -0.2) is 4.98 Å². The van der Waals surface area contributed by atoms with Crippen LogP contribution in [-0.4, -0.2) is 11.5 Å². The van der Waals surface area contributed by atoms with Crippen molar-refractivity contribution in [1.82, 2.24) is 10.3 Å². The molecule has 1 aromatic carbocycles. The van der Waals surface area contributed by atoms with Gasteiger partial charge in [-0.3, -0.25) is 0 Å². The Hall–Kier alpha value is -1.61. The van der Waals surface area contributed by atoms with E-state index in [1.807, 2.05) is 6.20 Å². The minimum atomic E-state index is 0.296. The highest BCUT2D eigenvalue weighted by Crippen LogP contribution is 2.29. The summed E-state index contributed by atoms with van der Waals surface area (Å²) >= 11 is 0. The molecule has 2 heterocycles. The van der Waals surface area contributed by atoms with Gasteiger partial charge in [0.1, 0.15) is 0 Å². The maximum atomic E-state index is 5.90. The van der Waals surface area contributed by atoms with E-state index in [-0.39, 0.29) is 0 Å². The van der Waals surface area contributed by atoms with E-state index in [1.165, 1.54) is 17.5 Å². The standard InChI is InChI=1S/C15H18N2O/c1-10-5-6-12(11(2)8-10)14-9-17-15(18-14)13-4-3-7-16-13/h5-6,8-9,13,16H,3-4,7H2,1-2H3. The number of benzene rings is 1. The van der Waals surface area contributed by atoms with Crippen molar-refractivity contribution in [2.24, 2.45) is 0 Å². The molecule has 1 fully saturated rings. The number of nitrogens with one attached hydrogen (secondary N) is 1. The summed E-state index contributed by atoms with van der Waals surface area (Å²) in [5, 5.41) is 3.41. The number of nitrogens with zero attached hydrogens (tertiary/aromatic N) is 1. The Bertz CT molecular complexity index is 553. The molecule has 0 saturated carbocycles. The molecule has 18 heavy (non-hydrogen) atoms. The topological polar surface area (TPSA) is 38.1 Å². The highest BCUT2D eigenvalue weighted by molar-refractivity contribution is 5.61. The first-order valence-corrected chi connectivity index (χ1v) is 6.51. The van der Waals surface area contributed by atoms with Crippen LogP contribution >= 0.6 is 0 Å². The van der Waals surface area contributed by atoms with Crippen LogP contribution in [0, 0.1) is 13.8 Å². The van der Waals surface area contributed by atoms with Crippen molar-refractivity contribution in [2.75, 3.05) is 6.54 Å². The molecule has 94 valence electrons. The van der Waals surface area contributed by atoms with E-state index in [4.69, 9.17) is 4.42 Å². The number of oxazole rings is 1. The molecular weight excluding hydrogens is 224 g/mol. The highest BCUT2D eigenvalue weighted by atomic mass is 16.4. The molecule has 0 radical (unpaired) electrons. The first-order chi connectivity index (χ1) is 8.74. The highest BCUT2D eigenvalue weighted by Gasteiger charge is 2.21. The molecule has 1 aliphatic heterocycles. The predicted octanol–water partition coefficient (Wildman–Crippen LogP) is 3.38. The predicted molar refractivity (Wildman–Crippen MR) is 71.4 cm³/mol. The smallest absolute Gasteiger partial charge is 0.212 e. The van der Waals surface area contributed by atoms with Crippen LogP contribution in [-0.2, 0) is 0 Å². The molecule has 0 aliphatic carbocycles. The van der Waals surface area contributed by atoms with Crippen molar-refractivity contribution in [1.29, 1.82) is 0 Å². The third-order valence-electron chi connectivity index (χ3n) is 3.53. The maximum absolute atomic E-state index is 5.90. The number of aromatic nitrogens is 1. The van der Waals surface area contributed by atoms with Crippen LogP contribution in [0.5, 0.6) is 0 Å². The van der Waals surface area contributed by atoms with Crippen LogP contribution in [0.3, 0.4) is 0 Å². The summed E-state index contributed by atoms with van der Waals surface area (Å²) < 4.78 is 5.90. The van der Waals surface area contributed by atoms with Gasteiger partial charge in [0.25, 0.3) is 0 Å². The fourth-order valence-corrected chi connectivity index (χ4v) is 2.56. The quantitative estimate of drug-likeness (QED) is 0.877. The molecule has 3 rings (SSSR count). The summed E-state index contributed by atoms with van der Waals surface area (Å²) in [5.41, 5.74) is 3.64. The minimum absolute atomic E-state index is 0.296. The first kappa shape index (κ1) is 11.5. The van der Waals surface area contributed by atoms with Gasteiger partial charge in [-0.15, -0.1) is 0 Å². The van der Waals surface area contributed by atoms with Crippen molar-refractivity contribution in [3.05, 3.63) is 41.4 Å². The zero-order valence-corrected chi connectivity index (χ0v) is 10.9. The number of hydrogen-bond donors (Lipinski definition) is 1. The molecular formula is C15H18N2O. The Morgan fingerprint density at radius 2 is 2.22 bits per heavy atom. The summed E-state index contributed by atoms with van der Waals surface area (Å²) in [6, 6.07) is 6.69. The lowest BCUT2D eigenvalue weighted by atomic mass is 10.0. The van der Waals surface area contributed by atoms with Gasteiger partial charge in [0.05, 0.1) is 12.2 Å². The molecule has 0 spiro atoms. The Morgan fingerprint density at radius 3 is 2.94 bits per heavy atom. The summed E-state index contributed by atoms with van der Waals surface area (Å²) in [6.07, 6.45) is 4.16. The third-order valence-corrected chi connectivity index (χ3v) is 3.53. The van der Waals surface area contributed by atoms with Gasteiger partial charge in [0.2, 0.25) is 5.89 Å². The Morgan fingerprint density at radius 1 is 1.33 bits per heavy atom. The van der Waals surface area contributed by atoms with Crippen LogP contribution in [0.2, 0.25) is 0 Å². The van der Waals surface area contributed by atoms with Crippen LogP contribution in [0.1, 0.15) is 35.9 Å². The molecule has 1 unspecified atom stereocenters. The van der Waals surface area contributed by atoms with E-state index >= 15 is 0 Å². The fourth-order valence-electron chi connectivity index (χ4n) is 2.56. The molecule has 1 aliphatic rings. The average Bonchev–Trinajstić information content (AvgIpc) is 2.99. The van der Waals surface area contributed by atoms with Crippen LogP contribution in [0.15, 0.2) is 28.8 Å². The van der Waals surface area contributed by atoms with Crippen LogP contribution in [0.25, 0.3) is 11.3 Å². The molecule has 1 atom stereocenters. The van der Waals surface area contributed by atoms with Crippen LogP contribution in [0.4, 0.5) is 0 Å². The maximum Gasteiger partial charge on any atom is 0.212 e. The summed E-state index contributed by atoms with van der Waals surface area (Å²) in [6.45, 7) is 5.27. The molecule has 2 aromatic rings. The lowest BCUT2D eigenvalue weighted by molar-refractivity contribution is 0.437. The second kappa shape index (κ2) is 4.58. The Kier molecular flexibility index (Phi) is 2.92. The van der Waals surface area contributed by atoms with Gasteiger partial charge in [-0.1, -0.05) is 23.8 Å². The molecule has 3 nitrogen and oxygen atoms in total. The van der Waals surface area contributed by atoms with E-state index in [0.29, 0.717) is 6.04 Å². The zero-order chi connectivity index (χ0) is 12.5. The third kappa shape index (κ3) is 2.06. The Labute approximate surface area is 107 Å². The van der Waals surface area contributed by atoms with Crippen molar-refractivity contribution in [2.45, 2.75) is 32.7 Å². The SMILES string of the molecule is Cc1ccc(-c2cnc(C3CCCN3)o2)c(C)c1. The van der Waals surface area contributed by atoms with E-state index < -0.39 is 0 Å². The van der Waals surface area contributed by atoms with Gasteiger partial charge < -0.3 is 9.73 Å². The second-order valence-corrected chi connectivity index (χ2v) is 5.03. The average molecular weight is 242 g/mol. The second-order valence-electron chi connectivity index (χ2n) is 5.03. The van der Waals surface area contributed by atoms with Crippen molar-refractivity contribution >= 4 is 0 Å². The van der Waals surface area contributed by atoms with Crippen molar-refractivity contribution in [3.63, 3.8) is 0 Å². The van der Waals surface area contributed by atoms with E-state index in [2.05, 4.69) is 42.3 Å². The first-order valence-electron chi connectivity index (χ1n) is 6.51. The number of aryl methyl sites for hydroxylation is 2. The number of hydrogen-bond acceptors (Lipinski definition) is 3. The van der Waals surface area contributed by atoms with Crippen molar-refractivity contribution < 1.29 is 4.42 Å². The Balaban J connectivity index is 1.92. The molecule has 1 aromatic heterocycles. The normalized spacial score (nSPS) is 19.3. The van der Waals surface area contributed by atoms with E-state index in [9.17, 15) is 0 Å². The summed E-state index contributed by atoms with van der Waals surface area (Å²) in [5.74, 6) is 1.69. The fraction of sp³-hybridized carbons (Fsp3) is 0.400. The van der Waals surface area contributed by atoms with Gasteiger partial charge in [0.15, 0.2) is 5.76 Å². The van der Waals surface area contributed by atoms with E-state index in [0.717, 1.165) is 30.2 Å². The molecule has 1 N–H and O–H groups in total. The van der Waals surface area contributed by atoms with Crippen LogP contribution < -0.4 is 5.32 Å². The lowest BCUT2D eigenvalue weighted by Gasteiger charge is -2.05. The van der Waals surface area contributed by atoms with E-state index in [1.54, 1.807) is 0 Å². The van der Waals surface area contributed by atoms with Crippen molar-refractivity contribution in [3.8, 4) is 11.3 Å². The number of rotatable bonds is 2. The largest absolute Gasteiger partial charge is 0.439 e.